The summed E-state index contributed by atoms with van der Waals surface area (Å²) in [6.45, 7) is 4.02. The molecule has 90 valence electrons. The highest BCUT2D eigenvalue weighted by molar-refractivity contribution is 5.88. The fourth-order valence-electron chi connectivity index (χ4n) is 3.03. The minimum absolute atomic E-state index is 0.0404. The predicted octanol–water partition coefficient (Wildman–Crippen LogP) is 1.59. The van der Waals surface area contributed by atoms with Gasteiger partial charge in [0.1, 0.15) is 6.04 Å². The lowest BCUT2D eigenvalue weighted by Gasteiger charge is -2.24. The third-order valence-corrected chi connectivity index (χ3v) is 4.02. The van der Waals surface area contributed by atoms with Crippen LogP contribution in [-0.2, 0) is 11.2 Å². The zero-order chi connectivity index (χ0) is 12.0. The fourth-order valence-corrected chi connectivity index (χ4v) is 3.03. The Balaban J connectivity index is 2.03. The van der Waals surface area contributed by atoms with E-state index in [-0.39, 0.29) is 11.9 Å². The van der Waals surface area contributed by atoms with E-state index in [0.717, 1.165) is 25.9 Å². The fraction of sp³-hybridized carbons (Fsp3) is 0.500. The van der Waals surface area contributed by atoms with Crippen LogP contribution in [-0.4, -0.2) is 37.0 Å². The Morgan fingerprint density at radius 3 is 2.94 bits per heavy atom. The average Bonchev–Trinajstić information content (AvgIpc) is 2.62. The van der Waals surface area contributed by atoms with Gasteiger partial charge in [-0.15, -0.1) is 0 Å². The van der Waals surface area contributed by atoms with E-state index in [1.165, 1.54) is 16.8 Å². The van der Waals surface area contributed by atoms with Crippen LogP contribution < -0.4 is 4.90 Å². The molecule has 1 aromatic carbocycles. The molecule has 1 atom stereocenters. The van der Waals surface area contributed by atoms with Crippen LogP contribution in [0.5, 0.6) is 0 Å². The molecule has 0 saturated carbocycles. The number of nitrogens with zero attached hydrogens (tertiary/aromatic N) is 2. The zero-order valence-corrected chi connectivity index (χ0v) is 10.4. The average molecular weight is 230 g/mol. The minimum Gasteiger partial charge on any atom is -0.359 e. The van der Waals surface area contributed by atoms with Crippen LogP contribution in [0.15, 0.2) is 18.2 Å². The summed E-state index contributed by atoms with van der Waals surface area (Å²) < 4.78 is 0. The number of amides is 1. The van der Waals surface area contributed by atoms with Crippen LogP contribution in [0.2, 0.25) is 0 Å². The van der Waals surface area contributed by atoms with Crippen molar-refractivity contribution < 1.29 is 4.79 Å². The number of anilines is 1. The third-order valence-electron chi connectivity index (χ3n) is 4.02. The van der Waals surface area contributed by atoms with E-state index in [4.69, 9.17) is 0 Å². The first-order valence-corrected chi connectivity index (χ1v) is 6.28. The Bertz CT molecular complexity index is 469. The molecule has 1 fully saturated rings. The summed E-state index contributed by atoms with van der Waals surface area (Å²) in [6, 6.07) is 6.43. The monoisotopic (exact) mass is 230 g/mol. The van der Waals surface area contributed by atoms with Crippen LogP contribution in [0, 0.1) is 6.92 Å². The van der Waals surface area contributed by atoms with Gasteiger partial charge in [0, 0.05) is 32.2 Å². The first-order valence-electron chi connectivity index (χ1n) is 6.28. The number of hydrogen-bond donors (Lipinski definition) is 0. The molecule has 3 heteroatoms. The molecule has 1 saturated heterocycles. The summed E-state index contributed by atoms with van der Waals surface area (Å²) in [5.74, 6) is 0.276. The van der Waals surface area contributed by atoms with Crippen LogP contribution in [0.1, 0.15) is 17.5 Å². The van der Waals surface area contributed by atoms with E-state index in [1.54, 1.807) is 0 Å². The Morgan fingerprint density at radius 2 is 2.12 bits per heavy atom. The summed E-state index contributed by atoms with van der Waals surface area (Å²) in [7, 11) is 1.92. The molecule has 0 spiro atoms. The van der Waals surface area contributed by atoms with Gasteiger partial charge < -0.3 is 9.80 Å². The van der Waals surface area contributed by atoms with Gasteiger partial charge >= 0.3 is 0 Å². The Kier molecular flexibility index (Phi) is 2.35. The molecule has 2 aliphatic heterocycles. The number of benzene rings is 1. The molecule has 0 aromatic heterocycles. The molecule has 17 heavy (non-hydrogen) atoms. The molecule has 0 radical (unpaired) electrons. The molecular weight excluding hydrogens is 212 g/mol. The van der Waals surface area contributed by atoms with Gasteiger partial charge in [-0.05, 0) is 30.5 Å². The van der Waals surface area contributed by atoms with E-state index < -0.39 is 0 Å². The molecule has 3 rings (SSSR count). The minimum atomic E-state index is 0.0404. The predicted molar refractivity (Wildman–Crippen MR) is 68.3 cm³/mol. The quantitative estimate of drug-likeness (QED) is 0.675. The lowest BCUT2D eigenvalue weighted by Crippen LogP contribution is -2.42. The number of rotatable bonds is 0. The molecule has 0 N–H and O–H groups in total. The highest BCUT2D eigenvalue weighted by atomic mass is 16.2. The molecule has 3 nitrogen and oxygen atoms in total. The largest absolute Gasteiger partial charge is 0.359 e. The van der Waals surface area contributed by atoms with Crippen molar-refractivity contribution >= 4 is 11.6 Å². The maximum atomic E-state index is 12.3. The van der Waals surface area contributed by atoms with Crippen LogP contribution in [0.25, 0.3) is 0 Å². The number of likely N-dealkylation sites (N-methyl/N-ethyl adjacent to an activating group) is 1. The maximum Gasteiger partial charge on any atom is 0.245 e. The lowest BCUT2D eigenvalue weighted by atomic mass is 10.0. The van der Waals surface area contributed by atoms with E-state index in [1.807, 2.05) is 11.9 Å². The maximum absolute atomic E-state index is 12.3. The second-order valence-corrected chi connectivity index (χ2v) is 5.10. The topological polar surface area (TPSA) is 23.6 Å². The van der Waals surface area contributed by atoms with Gasteiger partial charge in [-0.3, -0.25) is 4.79 Å². The van der Waals surface area contributed by atoms with Crippen molar-refractivity contribution in [2.45, 2.75) is 25.8 Å². The summed E-state index contributed by atoms with van der Waals surface area (Å²) in [5.41, 5.74) is 3.95. The van der Waals surface area contributed by atoms with Crippen molar-refractivity contribution in [3.63, 3.8) is 0 Å². The first-order chi connectivity index (χ1) is 8.18. The summed E-state index contributed by atoms with van der Waals surface area (Å²) >= 11 is 0. The van der Waals surface area contributed by atoms with Crippen molar-refractivity contribution in [1.29, 1.82) is 0 Å². The first kappa shape index (κ1) is 10.6. The normalized spacial score (nSPS) is 23.4. The van der Waals surface area contributed by atoms with Gasteiger partial charge in [0.2, 0.25) is 5.91 Å². The molecule has 1 aromatic rings. The van der Waals surface area contributed by atoms with E-state index in [0.29, 0.717) is 0 Å². The molecule has 2 aliphatic rings. The SMILES string of the molecule is Cc1cccc2c1CC1C(=O)N(C)CCCN21. The Morgan fingerprint density at radius 1 is 1.29 bits per heavy atom. The van der Waals surface area contributed by atoms with E-state index in [2.05, 4.69) is 30.0 Å². The van der Waals surface area contributed by atoms with Crippen molar-refractivity contribution in [3.05, 3.63) is 29.3 Å². The molecule has 1 unspecified atom stereocenters. The second-order valence-electron chi connectivity index (χ2n) is 5.10. The number of carbonyl (C=O) groups excluding carboxylic acids is 1. The number of aryl methyl sites for hydroxylation is 1. The number of hydrogen-bond acceptors (Lipinski definition) is 2. The molecule has 2 heterocycles. The number of fused-ring (bicyclic) bond motifs is 3. The Labute approximate surface area is 102 Å². The van der Waals surface area contributed by atoms with Crippen molar-refractivity contribution in [1.82, 2.24) is 4.90 Å². The smallest absolute Gasteiger partial charge is 0.245 e. The van der Waals surface area contributed by atoms with E-state index >= 15 is 0 Å². The lowest BCUT2D eigenvalue weighted by molar-refractivity contribution is -0.130. The highest BCUT2D eigenvalue weighted by Gasteiger charge is 2.37. The van der Waals surface area contributed by atoms with Crippen LogP contribution >= 0.6 is 0 Å². The van der Waals surface area contributed by atoms with Crippen molar-refractivity contribution in [3.8, 4) is 0 Å². The van der Waals surface area contributed by atoms with Gasteiger partial charge in [-0.2, -0.15) is 0 Å². The number of carbonyl (C=O) groups is 1. The second kappa shape index (κ2) is 3.76. The van der Waals surface area contributed by atoms with Gasteiger partial charge in [0.15, 0.2) is 0 Å². The van der Waals surface area contributed by atoms with Gasteiger partial charge in [-0.1, -0.05) is 12.1 Å². The summed E-state index contributed by atoms with van der Waals surface area (Å²) in [6.07, 6.45) is 1.94. The molecular formula is C14H18N2O. The van der Waals surface area contributed by atoms with Gasteiger partial charge in [0.05, 0.1) is 0 Å². The Hall–Kier alpha value is -1.51. The van der Waals surface area contributed by atoms with Crippen LogP contribution in [0.4, 0.5) is 5.69 Å². The third kappa shape index (κ3) is 1.53. The molecule has 1 amide bonds. The molecule has 0 aliphatic carbocycles. The van der Waals surface area contributed by atoms with Crippen molar-refractivity contribution in [2.24, 2.45) is 0 Å². The van der Waals surface area contributed by atoms with Crippen molar-refractivity contribution in [2.75, 3.05) is 25.0 Å². The van der Waals surface area contributed by atoms with Gasteiger partial charge in [0.25, 0.3) is 0 Å². The molecule has 0 bridgehead atoms. The van der Waals surface area contributed by atoms with Gasteiger partial charge in [-0.25, -0.2) is 0 Å². The summed E-state index contributed by atoms with van der Waals surface area (Å²) in [5, 5.41) is 0. The van der Waals surface area contributed by atoms with E-state index in [9.17, 15) is 4.79 Å². The summed E-state index contributed by atoms with van der Waals surface area (Å²) in [4.78, 5) is 16.5. The highest BCUT2D eigenvalue weighted by Crippen LogP contribution is 2.35. The van der Waals surface area contributed by atoms with Crippen LogP contribution in [0.3, 0.4) is 0 Å². The standard InChI is InChI=1S/C14H18N2O/c1-10-5-3-6-12-11(10)9-13-14(17)15(2)7-4-8-16(12)13/h3,5-6,13H,4,7-9H2,1-2H3. The zero-order valence-electron chi connectivity index (χ0n) is 10.4.